The van der Waals surface area contributed by atoms with Gasteiger partial charge in [0.05, 0.1) is 18.9 Å². The Balaban J connectivity index is 2.33. The molecule has 0 fully saturated rings. The van der Waals surface area contributed by atoms with Gasteiger partial charge in [-0.25, -0.2) is 0 Å². The fourth-order valence-electron chi connectivity index (χ4n) is 2.80. The Labute approximate surface area is 132 Å². The number of aryl methyl sites for hydroxylation is 1. The lowest BCUT2D eigenvalue weighted by molar-refractivity contribution is 0.0976. The number of phenols is 1. The molecule has 2 N–H and O–H groups in total. The minimum Gasteiger partial charge on any atom is -0.516 e. The molecule has 0 saturated heterocycles. The highest BCUT2D eigenvalue weighted by atomic mass is 16.5. The number of carbonyl (C=O) groups excluding carboxylic acids is 2. The second-order valence-electron chi connectivity index (χ2n) is 5.27. The topological polar surface area (TPSA) is 83.8 Å². The number of fused-ring (bicyclic) bond motifs is 2. The van der Waals surface area contributed by atoms with Crippen LogP contribution in [0, 0.1) is 6.92 Å². The van der Waals surface area contributed by atoms with E-state index in [-0.39, 0.29) is 39.5 Å². The van der Waals surface area contributed by atoms with Gasteiger partial charge in [-0.15, -0.1) is 0 Å². The van der Waals surface area contributed by atoms with Gasteiger partial charge in [0.25, 0.3) is 0 Å². The zero-order chi connectivity index (χ0) is 16.7. The van der Waals surface area contributed by atoms with Crippen molar-refractivity contribution in [2.45, 2.75) is 6.92 Å². The monoisotopic (exact) mass is 310 g/mol. The van der Waals surface area contributed by atoms with Gasteiger partial charge in [-0.2, -0.15) is 0 Å². The summed E-state index contributed by atoms with van der Waals surface area (Å²) in [7, 11) is 1.39. The van der Waals surface area contributed by atoms with E-state index in [0.717, 1.165) is 6.26 Å². The predicted molar refractivity (Wildman–Crippen MR) is 84.4 cm³/mol. The number of methoxy groups -OCH3 is 1. The van der Waals surface area contributed by atoms with Gasteiger partial charge in [0.2, 0.25) is 0 Å². The van der Waals surface area contributed by atoms with Crippen molar-refractivity contribution in [1.82, 2.24) is 0 Å². The first kappa shape index (κ1) is 14.8. The highest BCUT2D eigenvalue weighted by molar-refractivity contribution is 6.29. The SMILES string of the molecule is COc1c(C=CO)ccc2c1C(=O)c1cc(O)c(C)cc1C2=O. The predicted octanol–water partition coefficient (Wildman–Crippen LogP) is 3.01. The maximum atomic E-state index is 12.8. The Morgan fingerprint density at radius 3 is 2.39 bits per heavy atom. The molecule has 23 heavy (non-hydrogen) atoms. The van der Waals surface area contributed by atoms with Crippen LogP contribution in [0.5, 0.6) is 11.5 Å². The van der Waals surface area contributed by atoms with Crippen molar-refractivity contribution >= 4 is 17.6 Å². The lowest BCUT2D eigenvalue weighted by atomic mass is 9.82. The number of carbonyl (C=O) groups is 2. The minimum absolute atomic E-state index is 0.0428. The molecule has 5 heteroatoms. The quantitative estimate of drug-likeness (QED) is 0.711. The van der Waals surface area contributed by atoms with Crippen LogP contribution >= 0.6 is 0 Å². The number of phenolic OH excluding ortho intramolecular Hbond substituents is 1. The molecule has 1 aliphatic rings. The van der Waals surface area contributed by atoms with Crippen LogP contribution in [0.1, 0.15) is 43.0 Å². The molecule has 0 bridgehead atoms. The fourth-order valence-corrected chi connectivity index (χ4v) is 2.80. The highest BCUT2D eigenvalue weighted by Crippen LogP contribution is 2.37. The fraction of sp³-hybridized carbons (Fsp3) is 0.111. The van der Waals surface area contributed by atoms with Gasteiger partial charge in [-0.3, -0.25) is 9.59 Å². The third-order valence-electron chi connectivity index (χ3n) is 3.94. The Bertz CT molecular complexity index is 877. The van der Waals surface area contributed by atoms with Crippen molar-refractivity contribution in [2.24, 2.45) is 0 Å². The summed E-state index contributed by atoms with van der Waals surface area (Å²) in [4.78, 5) is 25.5. The number of rotatable bonds is 2. The molecule has 3 rings (SSSR count). The highest BCUT2D eigenvalue weighted by Gasteiger charge is 2.33. The van der Waals surface area contributed by atoms with Gasteiger partial charge < -0.3 is 14.9 Å². The largest absolute Gasteiger partial charge is 0.516 e. The van der Waals surface area contributed by atoms with Gasteiger partial charge in [0.1, 0.15) is 11.5 Å². The number of aliphatic hydroxyl groups is 1. The lowest BCUT2D eigenvalue weighted by Crippen LogP contribution is -2.22. The van der Waals surface area contributed by atoms with E-state index >= 15 is 0 Å². The van der Waals surface area contributed by atoms with Gasteiger partial charge in [-0.1, -0.05) is 6.07 Å². The molecule has 5 nitrogen and oxygen atoms in total. The van der Waals surface area contributed by atoms with Crippen molar-refractivity contribution in [3.63, 3.8) is 0 Å². The molecule has 0 aliphatic heterocycles. The van der Waals surface area contributed by atoms with E-state index in [1.54, 1.807) is 19.1 Å². The second-order valence-corrected chi connectivity index (χ2v) is 5.27. The molecule has 0 saturated carbocycles. The van der Waals surface area contributed by atoms with Crippen LogP contribution in [0.4, 0.5) is 0 Å². The average Bonchev–Trinajstić information content (AvgIpc) is 2.54. The molecular weight excluding hydrogens is 296 g/mol. The zero-order valence-electron chi connectivity index (χ0n) is 12.6. The number of hydrogen-bond donors (Lipinski definition) is 2. The van der Waals surface area contributed by atoms with E-state index in [9.17, 15) is 14.7 Å². The Morgan fingerprint density at radius 2 is 1.74 bits per heavy atom. The average molecular weight is 310 g/mol. The number of ketones is 2. The van der Waals surface area contributed by atoms with Crippen molar-refractivity contribution in [3.05, 3.63) is 63.9 Å². The van der Waals surface area contributed by atoms with Crippen LogP contribution in [0.2, 0.25) is 0 Å². The molecule has 0 amide bonds. The molecule has 0 heterocycles. The number of benzene rings is 2. The van der Waals surface area contributed by atoms with E-state index in [4.69, 9.17) is 9.84 Å². The van der Waals surface area contributed by atoms with Crippen LogP contribution in [0.15, 0.2) is 30.5 Å². The molecule has 116 valence electrons. The Kier molecular flexibility index (Phi) is 3.41. The minimum atomic E-state index is -0.394. The van der Waals surface area contributed by atoms with Crippen molar-refractivity contribution < 1.29 is 24.5 Å². The van der Waals surface area contributed by atoms with Crippen molar-refractivity contribution in [2.75, 3.05) is 7.11 Å². The van der Waals surface area contributed by atoms with Crippen molar-refractivity contribution in [3.8, 4) is 11.5 Å². The number of ether oxygens (including phenoxy) is 1. The van der Waals surface area contributed by atoms with E-state index in [2.05, 4.69) is 0 Å². The molecule has 0 aromatic heterocycles. The summed E-state index contributed by atoms with van der Waals surface area (Å²) < 4.78 is 5.29. The van der Waals surface area contributed by atoms with Crippen molar-refractivity contribution in [1.29, 1.82) is 0 Å². The van der Waals surface area contributed by atoms with E-state index in [0.29, 0.717) is 11.1 Å². The van der Waals surface area contributed by atoms with Gasteiger partial charge >= 0.3 is 0 Å². The van der Waals surface area contributed by atoms with E-state index in [1.807, 2.05) is 0 Å². The first-order valence-corrected chi connectivity index (χ1v) is 6.94. The molecule has 2 aromatic rings. The molecule has 2 aromatic carbocycles. The number of aromatic hydroxyl groups is 1. The molecule has 0 atom stereocenters. The third-order valence-corrected chi connectivity index (χ3v) is 3.94. The maximum Gasteiger partial charge on any atom is 0.198 e. The van der Waals surface area contributed by atoms with Crippen LogP contribution < -0.4 is 4.74 Å². The summed E-state index contributed by atoms with van der Waals surface area (Å²) in [6.45, 7) is 1.67. The normalized spacial score (nSPS) is 13.1. The van der Waals surface area contributed by atoms with Crippen LogP contribution in [-0.2, 0) is 0 Å². The second kappa shape index (κ2) is 5.28. The van der Waals surface area contributed by atoms with Gasteiger partial charge in [0, 0.05) is 22.3 Å². The molecule has 0 unspecified atom stereocenters. The number of hydrogen-bond acceptors (Lipinski definition) is 5. The summed E-state index contributed by atoms with van der Waals surface area (Å²) in [5, 5.41) is 18.8. The molecule has 0 spiro atoms. The summed E-state index contributed by atoms with van der Waals surface area (Å²) in [6.07, 6.45) is 2.21. The molecule has 0 radical (unpaired) electrons. The standard InChI is InChI=1S/C18H14O5/c1-9-7-12-13(8-14(9)20)17(22)15-11(16(12)21)4-3-10(5-6-19)18(15)23-2/h3-8,19-20H,1-2H3. The summed E-state index contributed by atoms with van der Waals surface area (Å²) >= 11 is 0. The third kappa shape index (κ3) is 2.09. The van der Waals surface area contributed by atoms with Gasteiger partial charge in [-0.05, 0) is 36.8 Å². The molecule has 1 aliphatic carbocycles. The molecular formula is C18H14O5. The maximum absolute atomic E-state index is 12.8. The summed E-state index contributed by atoms with van der Waals surface area (Å²) in [5.74, 6) is -0.513. The first-order valence-electron chi connectivity index (χ1n) is 6.94. The van der Waals surface area contributed by atoms with Crippen LogP contribution in [0.3, 0.4) is 0 Å². The summed E-state index contributed by atoms with van der Waals surface area (Å²) in [6, 6.07) is 5.97. The number of aliphatic hydroxyl groups excluding tert-OH is 1. The van der Waals surface area contributed by atoms with E-state index < -0.39 is 5.78 Å². The van der Waals surface area contributed by atoms with Crippen LogP contribution in [0.25, 0.3) is 6.08 Å². The first-order chi connectivity index (χ1) is 11.0. The van der Waals surface area contributed by atoms with E-state index in [1.165, 1.54) is 25.3 Å². The smallest absolute Gasteiger partial charge is 0.198 e. The zero-order valence-corrected chi connectivity index (χ0v) is 12.6. The lowest BCUT2D eigenvalue weighted by Gasteiger charge is -2.21. The Hall–Kier alpha value is -3.08. The Morgan fingerprint density at radius 1 is 1.04 bits per heavy atom. The van der Waals surface area contributed by atoms with Gasteiger partial charge in [0.15, 0.2) is 11.6 Å². The van der Waals surface area contributed by atoms with Crippen LogP contribution in [-0.4, -0.2) is 28.9 Å². The summed E-state index contributed by atoms with van der Waals surface area (Å²) in [5.41, 5.74) is 1.82.